The van der Waals surface area contributed by atoms with E-state index in [-0.39, 0.29) is 18.9 Å². The van der Waals surface area contributed by atoms with Gasteiger partial charge in [0.25, 0.3) is 0 Å². The number of hydrogen-bond donors (Lipinski definition) is 2. The van der Waals surface area contributed by atoms with E-state index in [1.807, 2.05) is 98.9 Å². The number of amides is 2. The average molecular weight is 672 g/mol. The molecule has 0 radical (unpaired) electrons. The Kier molecular flexibility index (Phi) is 12.0. The predicted octanol–water partition coefficient (Wildman–Crippen LogP) is 7.45. The Morgan fingerprint density at radius 3 is 1.92 bits per heavy atom. The number of nitrogens with zero attached hydrogens (tertiary/aromatic N) is 1. The Morgan fingerprint density at radius 1 is 0.700 bits per heavy atom. The van der Waals surface area contributed by atoms with Crippen LogP contribution in [0.3, 0.4) is 0 Å². The van der Waals surface area contributed by atoms with Crippen LogP contribution in [0.4, 0.5) is 5.69 Å². The van der Waals surface area contributed by atoms with Gasteiger partial charge in [0.1, 0.15) is 18.7 Å². The maximum absolute atomic E-state index is 14.0. The van der Waals surface area contributed by atoms with Crippen molar-refractivity contribution < 1.29 is 28.7 Å². The molecule has 2 amide bonds. The summed E-state index contributed by atoms with van der Waals surface area (Å²) < 4.78 is 12.0. The lowest BCUT2D eigenvalue weighted by Gasteiger charge is -2.24. The second kappa shape index (κ2) is 16.9. The van der Waals surface area contributed by atoms with Gasteiger partial charge in [-0.1, -0.05) is 98.8 Å². The van der Waals surface area contributed by atoms with Gasteiger partial charge in [0.05, 0.1) is 19.1 Å². The lowest BCUT2D eigenvalue weighted by atomic mass is 10.0. The monoisotopic (exact) mass is 671 g/mol. The lowest BCUT2D eigenvalue weighted by Crippen LogP contribution is -2.47. The number of anilines is 1. The van der Waals surface area contributed by atoms with Gasteiger partial charge in [0.2, 0.25) is 11.8 Å². The maximum atomic E-state index is 14.0. The average Bonchev–Trinajstić information content (AvgIpc) is 3.63. The highest BCUT2D eigenvalue weighted by Crippen LogP contribution is 2.27. The van der Waals surface area contributed by atoms with E-state index in [0.717, 1.165) is 27.8 Å². The Labute approximate surface area is 292 Å². The molecule has 0 aliphatic heterocycles. The van der Waals surface area contributed by atoms with E-state index in [9.17, 15) is 19.2 Å². The maximum Gasteiger partial charge on any atom is 0.337 e. The minimum atomic E-state index is -0.989. The topological polar surface area (TPSA) is 116 Å². The summed E-state index contributed by atoms with van der Waals surface area (Å²) in [5, 5.41) is 5.74. The molecular weight excluding hydrogens is 630 g/mol. The van der Waals surface area contributed by atoms with E-state index in [4.69, 9.17) is 9.47 Å². The second-order valence-corrected chi connectivity index (χ2v) is 12.4. The van der Waals surface area contributed by atoms with Gasteiger partial charge in [-0.25, -0.2) is 4.79 Å². The molecule has 0 fully saturated rings. The molecule has 4 aromatic carbocycles. The highest BCUT2D eigenvalue weighted by atomic mass is 16.5. The SMILES string of the molecule is COC(=O)c1ccc(NC(=O)C(CC(C)C)NC(=O)C(CC(=O)OCc2ccccc2)n2ccc(-c3ccc(-c4ccccc4)cc3)c2)cc1. The fraction of sp³-hybridized carbons (Fsp3) is 0.220. The van der Waals surface area contributed by atoms with Crippen molar-refractivity contribution in [1.29, 1.82) is 0 Å². The van der Waals surface area contributed by atoms with E-state index in [0.29, 0.717) is 17.7 Å². The highest BCUT2D eigenvalue weighted by molar-refractivity contribution is 5.98. The Hall–Kier alpha value is -5.96. The summed E-state index contributed by atoms with van der Waals surface area (Å²) >= 11 is 0. The molecule has 50 heavy (non-hydrogen) atoms. The third kappa shape index (κ3) is 9.56. The lowest BCUT2D eigenvalue weighted by molar-refractivity contribution is -0.147. The number of carbonyl (C=O) groups excluding carboxylic acids is 4. The van der Waals surface area contributed by atoms with E-state index >= 15 is 0 Å². The minimum absolute atomic E-state index is 0.0686. The number of methoxy groups -OCH3 is 1. The van der Waals surface area contributed by atoms with Crippen LogP contribution in [-0.2, 0) is 30.5 Å². The molecule has 2 atom stereocenters. The number of rotatable bonds is 14. The predicted molar refractivity (Wildman–Crippen MR) is 193 cm³/mol. The normalized spacial score (nSPS) is 12.1. The van der Waals surface area contributed by atoms with Crippen LogP contribution in [0, 0.1) is 5.92 Å². The number of nitrogens with one attached hydrogen (secondary N) is 2. The Balaban J connectivity index is 1.35. The van der Waals surface area contributed by atoms with Gasteiger partial charge in [0, 0.05) is 18.1 Å². The number of aromatic nitrogens is 1. The number of hydrogen-bond acceptors (Lipinski definition) is 6. The fourth-order valence-corrected chi connectivity index (χ4v) is 5.56. The van der Waals surface area contributed by atoms with Crippen LogP contribution in [0.2, 0.25) is 0 Å². The van der Waals surface area contributed by atoms with E-state index in [1.54, 1.807) is 35.0 Å². The number of ether oxygens (including phenoxy) is 2. The number of esters is 2. The molecule has 9 heteroatoms. The van der Waals surface area contributed by atoms with Crippen molar-refractivity contribution in [3.8, 4) is 22.3 Å². The van der Waals surface area contributed by atoms with Gasteiger partial charge in [-0.05, 0) is 70.5 Å². The van der Waals surface area contributed by atoms with Crippen molar-refractivity contribution in [1.82, 2.24) is 9.88 Å². The molecule has 9 nitrogen and oxygen atoms in total. The van der Waals surface area contributed by atoms with Gasteiger partial charge >= 0.3 is 11.9 Å². The Bertz CT molecular complexity index is 1880. The molecule has 1 aromatic heterocycles. The first-order valence-corrected chi connectivity index (χ1v) is 16.5. The number of benzene rings is 4. The second-order valence-electron chi connectivity index (χ2n) is 12.4. The molecule has 0 aliphatic rings. The van der Waals surface area contributed by atoms with E-state index in [1.165, 1.54) is 7.11 Å². The molecular formula is C41H41N3O6. The van der Waals surface area contributed by atoms with Crippen molar-refractivity contribution in [2.24, 2.45) is 5.92 Å². The molecule has 5 rings (SSSR count). The van der Waals surface area contributed by atoms with Crippen LogP contribution >= 0.6 is 0 Å². The van der Waals surface area contributed by atoms with Crippen molar-refractivity contribution in [2.75, 3.05) is 12.4 Å². The quantitative estimate of drug-likeness (QED) is 0.119. The van der Waals surface area contributed by atoms with Gasteiger partial charge in [-0.15, -0.1) is 0 Å². The van der Waals surface area contributed by atoms with Crippen LogP contribution in [0.5, 0.6) is 0 Å². The van der Waals surface area contributed by atoms with Gasteiger partial charge in [0.15, 0.2) is 0 Å². The smallest absolute Gasteiger partial charge is 0.337 e. The van der Waals surface area contributed by atoms with E-state index < -0.39 is 35.8 Å². The number of carbonyl (C=O) groups is 4. The van der Waals surface area contributed by atoms with Crippen LogP contribution in [0.15, 0.2) is 128 Å². The molecule has 5 aromatic rings. The van der Waals surface area contributed by atoms with Gasteiger partial charge in [-0.2, -0.15) is 0 Å². The standard InChI is InChI=1S/C41H41N3O6/c1-28(2)24-36(39(46)42-35-20-18-33(19-21-35)41(48)49-3)43-40(47)37(25-38(45)50-27-29-10-6-4-7-11-29)44-23-22-34(26-44)32-16-14-31(15-17-32)30-12-8-5-9-13-30/h4-23,26,28,36-37H,24-25,27H2,1-3H3,(H,42,46)(H,43,47). The fourth-order valence-electron chi connectivity index (χ4n) is 5.56. The highest BCUT2D eigenvalue weighted by Gasteiger charge is 2.30. The molecule has 2 unspecified atom stereocenters. The molecule has 2 N–H and O–H groups in total. The zero-order valence-corrected chi connectivity index (χ0v) is 28.4. The van der Waals surface area contributed by atoms with Crippen LogP contribution in [0.25, 0.3) is 22.3 Å². The summed E-state index contributed by atoms with van der Waals surface area (Å²) in [7, 11) is 1.30. The van der Waals surface area contributed by atoms with Gasteiger partial charge < -0.3 is 24.7 Å². The van der Waals surface area contributed by atoms with Crippen molar-refractivity contribution in [3.63, 3.8) is 0 Å². The van der Waals surface area contributed by atoms with Crippen molar-refractivity contribution in [2.45, 2.75) is 45.4 Å². The molecule has 0 bridgehead atoms. The van der Waals surface area contributed by atoms with Gasteiger partial charge in [-0.3, -0.25) is 14.4 Å². The molecule has 1 heterocycles. The summed E-state index contributed by atoms with van der Waals surface area (Å²) in [4.78, 5) is 52.5. The van der Waals surface area contributed by atoms with E-state index in [2.05, 4.69) is 22.8 Å². The van der Waals surface area contributed by atoms with Crippen LogP contribution < -0.4 is 10.6 Å². The summed E-state index contributed by atoms with van der Waals surface area (Å²) in [5.41, 5.74) is 5.65. The zero-order chi connectivity index (χ0) is 35.5. The molecule has 0 aliphatic carbocycles. The first-order valence-electron chi connectivity index (χ1n) is 16.5. The third-order valence-corrected chi connectivity index (χ3v) is 8.22. The first-order chi connectivity index (χ1) is 24.2. The summed E-state index contributed by atoms with van der Waals surface area (Å²) in [6, 6.07) is 33.8. The first kappa shape index (κ1) is 35.3. The van der Waals surface area contributed by atoms with Crippen LogP contribution in [0.1, 0.15) is 48.7 Å². The zero-order valence-electron chi connectivity index (χ0n) is 28.4. The summed E-state index contributed by atoms with van der Waals surface area (Å²) in [6.45, 7) is 3.99. The minimum Gasteiger partial charge on any atom is -0.465 e. The summed E-state index contributed by atoms with van der Waals surface area (Å²) in [5.74, 6) is -1.88. The Morgan fingerprint density at radius 2 is 1.30 bits per heavy atom. The largest absolute Gasteiger partial charge is 0.465 e. The molecule has 0 spiro atoms. The van der Waals surface area contributed by atoms with Crippen molar-refractivity contribution in [3.05, 3.63) is 139 Å². The molecule has 256 valence electrons. The van der Waals surface area contributed by atoms with Crippen molar-refractivity contribution >= 4 is 29.4 Å². The molecule has 0 saturated carbocycles. The summed E-state index contributed by atoms with van der Waals surface area (Å²) in [6.07, 6.45) is 3.70. The molecule has 0 saturated heterocycles. The third-order valence-electron chi connectivity index (χ3n) is 8.22. The van der Waals surface area contributed by atoms with Crippen LogP contribution in [-0.4, -0.2) is 41.5 Å².